The molecule has 0 atom stereocenters. The highest BCUT2D eigenvalue weighted by molar-refractivity contribution is 6.30. The van der Waals surface area contributed by atoms with Crippen LogP contribution >= 0.6 is 11.6 Å². The number of rotatable bonds is 3. The van der Waals surface area contributed by atoms with Gasteiger partial charge in [0.25, 0.3) is 0 Å². The quantitative estimate of drug-likeness (QED) is 0.520. The fraction of sp³-hybridized carbons (Fsp3) is 0.0556. The van der Waals surface area contributed by atoms with Crippen LogP contribution < -0.4 is 4.74 Å². The van der Waals surface area contributed by atoms with Gasteiger partial charge in [-0.25, -0.2) is 0 Å². The average Bonchev–Trinajstić information content (AvgIpc) is 2.47. The Morgan fingerprint density at radius 1 is 0.905 bits per heavy atom. The third-order valence-electron chi connectivity index (χ3n) is 3.19. The lowest BCUT2D eigenvalue weighted by molar-refractivity contribution is -0.133. The van der Waals surface area contributed by atoms with Crippen molar-refractivity contribution >= 4 is 28.3 Å². The van der Waals surface area contributed by atoms with Crippen molar-refractivity contribution < 1.29 is 9.53 Å². The molecule has 3 aromatic rings. The molecule has 0 spiro atoms. The average molecular weight is 297 g/mol. The van der Waals surface area contributed by atoms with E-state index in [0.29, 0.717) is 10.8 Å². The summed E-state index contributed by atoms with van der Waals surface area (Å²) in [6, 6.07) is 20.8. The van der Waals surface area contributed by atoms with E-state index in [-0.39, 0.29) is 12.4 Å². The summed E-state index contributed by atoms with van der Waals surface area (Å²) in [5, 5.41) is 2.82. The van der Waals surface area contributed by atoms with E-state index in [0.717, 1.165) is 16.3 Å². The maximum Gasteiger partial charge on any atom is 0.315 e. The van der Waals surface area contributed by atoms with E-state index < -0.39 is 0 Å². The number of benzene rings is 3. The molecule has 3 heteroatoms. The van der Waals surface area contributed by atoms with Crippen LogP contribution in [0.2, 0.25) is 5.02 Å². The Bertz CT molecular complexity index is 796. The first-order valence-electron chi connectivity index (χ1n) is 6.65. The summed E-state index contributed by atoms with van der Waals surface area (Å²) in [4.78, 5) is 12.0. The number of carbonyl (C=O) groups excluding carboxylic acids is 1. The first kappa shape index (κ1) is 13.7. The standard InChI is InChI=1S/C18H13ClO2/c19-16-6-3-7-17(12-16)21-18(20)11-13-8-9-14-4-1-2-5-15(14)10-13/h1-10,12H,11H2. The summed E-state index contributed by atoms with van der Waals surface area (Å²) in [5.74, 6) is 0.167. The van der Waals surface area contributed by atoms with Gasteiger partial charge in [-0.1, -0.05) is 60.1 Å². The van der Waals surface area contributed by atoms with Crippen LogP contribution in [0.25, 0.3) is 10.8 Å². The van der Waals surface area contributed by atoms with Crippen molar-refractivity contribution in [2.75, 3.05) is 0 Å². The first-order chi connectivity index (χ1) is 10.2. The molecule has 0 unspecified atom stereocenters. The number of fused-ring (bicyclic) bond motifs is 1. The molecule has 3 aromatic carbocycles. The van der Waals surface area contributed by atoms with E-state index in [1.807, 2.05) is 42.5 Å². The van der Waals surface area contributed by atoms with Crippen molar-refractivity contribution in [1.82, 2.24) is 0 Å². The van der Waals surface area contributed by atoms with Crippen LogP contribution in [0.3, 0.4) is 0 Å². The molecule has 0 aromatic heterocycles. The molecule has 0 fully saturated rings. The summed E-state index contributed by atoms with van der Waals surface area (Å²) in [6.45, 7) is 0. The molecule has 0 amide bonds. The van der Waals surface area contributed by atoms with Crippen molar-refractivity contribution in [2.24, 2.45) is 0 Å². The smallest absolute Gasteiger partial charge is 0.315 e. The van der Waals surface area contributed by atoms with Gasteiger partial charge in [-0.2, -0.15) is 0 Å². The number of ether oxygens (including phenoxy) is 1. The molecular formula is C18H13ClO2. The minimum Gasteiger partial charge on any atom is -0.426 e. The fourth-order valence-corrected chi connectivity index (χ4v) is 2.39. The molecule has 0 bridgehead atoms. The minimum absolute atomic E-state index is 0.233. The topological polar surface area (TPSA) is 26.3 Å². The van der Waals surface area contributed by atoms with Crippen LogP contribution in [0.1, 0.15) is 5.56 Å². The third kappa shape index (κ3) is 3.41. The minimum atomic E-state index is -0.299. The molecule has 0 saturated heterocycles. The number of carbonyl (C=O) groups is 1. The van der Waals surface area contributed by atoms with Crippen molar-refractivity contribution in [3.8, 4) is 5.75 Å². The zero-order valence-electron chi connectivity index (χ0n) is 11.3. The normalized spacial score (nSPS) is 10.5. The molecule has 0 N–H and O–H groups in total. The van der Waals surface area contributed by atoms with Crippen molar-refractivity contribution in [2.45, 2.75) is 6.42 Å². The molecule has 0 radical (unpaired) electrons. The predicted molar refractivity (Wildman–Crippen MR) is 84.7 cm³/mol. The molecule has 0 heterocycles. The van der Waals surface area contributed by atoms with Crippen molar-refractivity contribution in [1.29, 1.82) is 0 Å². The molecule has 0 aliphatic rings. The SMILES string of the molecule is O=C(Cc1ccc2ccccc2c1)Oc1cccc(Cl)c1. The van der Waals surface area contributed by atoms with Crippen LogP contribution in [-0.4, -0.2) is 5.97 Å². The summed E-state index contributed by atoms with van der Waals surface area (Å²) < 4.78 is 5.29. The van der Waals surface area contributed by atoms with Crippen LogP contribution in [0.4, 0.5) is 0 Å². The highest BCUT2D eigenvalue weighted by Gasteiger charge is 2.07. The highest BCUT2D eigenvalue weighted by Crippen LogP contribution is 2.19. The van der Waals surface area contributed by atoms with Gasteiger partial charge in [0.1, 0.15) is 5.75 Å². The van der Waals surface area contributed by atoms with Crippen LogP contribution in [-0.2, 0) is 11.2 Å². The van der Waals surface area contributed by atoms with Crippen LogP contribution in [0, 0.1) is 0 Å². The lowest BCUT2D eigenvalue weighted by Crippen LogP contribution is -2.11. The van der Waals surface area contributed by atoms with E-state index in [4.69, 9.17) is 16.3 Å². The Kier molecular flexibility index (Phi) is 3.89. The Morgan fingerprint density at radius 2 is 1.71 bits per heavy atom. The molecule has 3 rings (SSSR count). The summed E-state index contributed by atoms with van der Waals surface area (Å²) in [5.41, 5.74) is 0.931. The second-order valence-corrected chi connectivity index (χ2v) is 5.23. The van der Waals surface area contributed by atoms with Gasteiger partial charge in [-0.15, -0.1) is 0 Å². The molecule has 0 aliphatic heterocycles. The highest BCUT2D eigenvalue weighted by atomic mass is 35.5. The van der Waals surface area contributed by atoms with Gasteiger partial charge < -0.3 is 4.74 Å². The summed E-state index contributed by atoms with van der Waals surface area (Å²) in [7, 11) is 0. The van der Waals surface area contributed by atoms with E-state index in [1.165, 1.54) is 0 Å². The molecule has 0 aliphatic carbocycles. The lowest BCUT2D eigenvalue weighted by atomic mass is 10.1. The monoisotopic (exact) mass is 296 g/mol. The maximum atomic E-state index is 12.0. The number of hydrogen-bond donors (Lipinski definition) is 0. The number of esters is 1. The third-order valence-corrected chi connectivity index (χ3v) is 3.43. The van der Waals surface area contributed by atoms with Crippen molar-refractivity contribution in [3.63, 3.8) is 0 Å². The zero-order valence-corrected chi connectivity index (χ0v) is 12.0. The van der Waals surface area contributed by atoms with Gasteiger partial charge in [0.15, 0.2) is 0 Å². The van der Waals surface area contributed by atoms with E-state index in [9.17, 15) is 4.79 Å². The first-order valence-corrected chi connectivity index (χ1v) is 7.02. The van der Waals surface area contributed by atoms with E-state index in [1.54, 1.807) is 24.3 Å². The Balaban J connectivity index is 1.74. The van der Waals surface area contributed by atoms with Crippen molar-refractivity contribution in [3.05, 3.63) is 77.3 Å². The predicted octanol–water partition coefficient (Wildman–Crippen LogP) is 4.64. The molecule has 104 valence electrons. The molecule has 2 nitrogen and oxygen atoms in total. The number of hydrogen-bond acceptors (Lipinski definition) is 2. The Hall–Kier alpha value is -2.32. The lowest BCUT2D eigenvalue weighted by Gasteiger charge is -2.06. The van der Waals surface area contributed by atoms with Gasteiger partial charge in [0.2, 0.25) is 0 Å². The largest absolute Gasteiger partial charge is 0.426 e. The molecular weight excluding hydrogens is 284 g/mol. The van der Waals surface area contributed by atoms with Crippen LogP contribution in [0.15, 0.2) is 66.7 Å². The van der Waals surface area contributed by atoms with E-state index >= 15 is 0 Å². The second kappa shape index (κ2) is 5.98. The van der Waals surface area contributed by atoms with Gasteiger partial charge in [-0.05, 0) is 34.5 Å². The fourth-order valence-electron chi connectivity index (χ4n) is 2.21. The number of halogens is 1. The van der Waals surface area contributed by atoms with Gasteiger partial charge in [0, 0.05) is 5.02 Å². The van der Waals surface area contributed by atoms with E-state index in [2.05, 4.69) is 0 Å². The van der Waals surface area contributed by atoms with Gasteiger partial charge in [-0.3, -0.25) is 4.79 Å². The summed E-state index contributed by atoms with van der Waals surface area (Å²) in [6.07, 6.45) is 0.233. The second-order valence-electron chi connectivity index (χ2n) is 4.79. The Labute approximate surface area is 127 Å². The van der Waals surface area contributed by atoms with Gasteiger partial charge >= 0.3 is 5.97 Å². The Morgan fingerprint density at radius 3 is 2.52 bits per heavy atom. The summed E-state index contributed by atoms with van der Waals surface area (Å²) >= 11 is 5.86. The maximum absolute atomic E-state index is 12.0. The van der Waals surface area contributed by atoms with Crippen LogP contribution in [0.5, 0.6) is 5.75 Å². The molecule has 21 heavy (non-hydrogen) atoms. The zero-order chi connectivity index (χ0) is 14.7. The molecule has 0 saturated carbocycles. The van der Waals surface area contributed by atoms with Gasteiger partial charge in [0.05, 0.1) is 6.42 Å².